The van der Waals surface area contributed by atoms with E-state index in [4.69, 9.17) is 0 Å². The van der Waals surface area contributed by atoms with E-state index in [1.54, 1.807) is 4.90 Å². The molecule has 1 N–H and O–H groups in total. The van der Waals surface area contributed by atoms with E-state index in [1.807, 2.05) is 55.5 Å². The van der Waals surface area contributed by atoms with E-state index in [9.17, 15) is 9.59 Å². The van der Waals surface area contributed by atoms with Crippen LogP contribution in [0, 0.1) is 6.92 Å². The first-order chi connectivity index (χ1) is 14.2. The number of benzene rings is 2. The fourth-order valence-electron chi connectivity index (χ4n) is 3.58. The lowest BCUT2D eigenvalue weighted by Crippen LogP contribution is -2.33. The van der Waals surface area contributed by atoms with Crippen molar-refractivity contribution in [3.8, 4) is 0 Å². The number of fused-ring (bicyclic) bond motifs is 1. The maximum atomic E-state index is 13.2. The molecule has 0 unspecified atom stereocenters. The summed E-state index contributed by atoms with van der Waals surface area (Å²) in [6.07, 6.45) is 1.89. The first kappa shape index (κ1) is 21.8. The molecule has 4 nitrogen and oxygen atoms in total. The molecule has 1 aromatic heterocycles. The number of aromatic nitrogens is 1. The molecule has 0 spiro atoms. The number of aromatic amines is 1. The average molecular weight is 405 g/mol. The molecule has 158 valence electrons. The summed E-state index contributed by atoms with van der Waals surface area (Å²) in [5.41, 5.74) is 4.30. The van der Waals surface area contributed by atoms with Crippen molar-refractivity contribution in [3.05, 3.63) is 81.1 Å². The summed E-state index contributed by atoms with van der Waals surface area (Å²) >= 11 is 0. The van der Waals surface area contributed by atoms with Crippen LogP contribution in [0.5, 0.6) is 0 Å². The maximum absolute atomic E-state index is 13.2. The molecule has 0 fully saturated rings. The van der Waals surface area contributed by atoms with Gasteiger partial charge in [0.15, 0.2) is 0 Å². The zero-order chi connectivity index (χ0) is 21.9. The quantitative estimate of drug-likeness (QED) is 0.583. The molecule has 1 heterocycles. The molecule has 3 rings (SSSR count). The average Bonchev–Trinajstić information content (AvgIpc) is 2.70. The van der Waals surface area contributed by atoms with Gasteiger partial charge in [-0.25, -0.2) is 0 Å². The Morgan fingerprint density at radius 1 is 1.03 bits per heavy atom. The molecule has 0 radical (unpaired) electrons. The summed E-state index contributed by atoms with van der Waals surface area (Å²) in [5.74, 6) is -0.0349. The molecule has 30 heavy (non-hydrogen) atoms. The lowest BCUT2D eigenvalue weighted by molar-refractivity contribution is 0.0740. The fraction of sp³-hybridized carbons (Fsp3) is 0.385. The number of nitrogens with one attached hydrogen (secondary N) is 1. The van der Waals surface area contributed by atoms with E-state index in [2.05, 4.69) is 32.7 Å². The number of unbranched alkanes of at least 4 members (excludes halogenated alkanes) is 1. The molecule has 4 heteroatoms. The lowest BCUT2D eigenvalue weighted by Gasteiger charge is -2.24. The summed E-state index contributed by atoms with van der Waals surface area (Å²) in [4.78, 5) is 30.7. The van der Waals surface area contributed by atoms with Crippen molar-refractivity contribution in [1.29, 1.82) is 0 Å². The van der Waals surface area contributed by atoms with Crippen LogP contribution in [-0.2, 0) is 12.0 Å². The van der Waals surface area contributed by atoms with E-state index in [-0.39, 0.29) is 16.9 Å². The molecular formula is C26H32N2O2. The number of rotatable bonds is 6. The standard InChI is InChI=1S/C26H32N2O2/c1-6-7-14-28(25(30)19-10-12-22(13-11-19)26(3,4)5)17-21-16-20-9-8-18(2)15-23(20)27-24(21)29/h8-13,15-16H,6-7,14,17H2,1-5H3,(H,27,29). The molecule has 1 amide bonds. The van der Waals surface area contributed by atoms with E-state index < -0.39 is 0 Å². The van der Waals surface area contributed by atoms with Crippen molar-refractivity contribution in [2.75, 3.05) is 6.54 Å². The zero-order valence-corrected chi connectivity index (χ0v) is 18.7. The van der Waals surface area contributed by atoms with Gasteiger partial charge < -0.3 is 9.88 Å². The predicted molar refractivity (Wildman–Crippen MR) is 124 cm³/mol. The third-order valence-electron chi connectivity index (χ3n) is 5.51. The number of amides is 1. The smallest absolute Gasteiger partial charge is 0.254 e. The van der Waals surface area contributed by atoms with Crippen LogP contribution >= 0.6 is 0 Å². The Labute approximate surface area is 178 Å². The van der Waals surface area contributed by atoms with Crippen molar-refractivity contribution in [2.24, 2.45) is 0 Å². The van der Waals surface area contributed by atoms with Crippen LogP contribution in [0.4, 0.5) is 0 Å². The Morgan fingerprint density at radius 3 is 2.37 bits per heavy atom. The molecule has 0 saturated carbocycles. The number of hydrogen-bond donors (Lipinski definition) is 1. The Bertz CT molecular complexity index is 1090. The summed E-state index contributed by atoms with van der Waals surface area (Å²) in [6, 6.07) is 15.8. The highest BCUT2D eigenvalue weighted by Crippen LogP contribution is 2.23. The minimum atomic E-state index is -0.134. The number of carbonyl (C=O) groups is 1. The van der Waals surface area contributed by atoms with Crippen molar-refractivity contribution in [2.45, 2.75) is 59.4 Å². The summed E-state index contributed by atoms with van der Waals surface area (Å²) in [5, 5.41) is 0.979. The van der Waals surface area contributed by atoms with Crippen molar-refractivity contribution < 1.29 is 4.79 Å². The highest BCUT2D eigenvalue weighted by molar-refractivity contribution is 5.94. The molecule has 0 atom stereocenters. The monoisotopic (exact) mass is 404 g/mol. The van der Waals surface area contributed by atoms with Gasteiger partial charge in [-0.15, -0.1) is 0 Å². The molecule has 0 aliphatic rings. The summed E-state index contributed by atoms with van der Waals surface area (Å²) in [7, 11) is 0. The van der Waals surface area contributed by atoms with Gasteiger partial charge in [0.2, 0.25) is 0 Å². The second-order valence-corrected chi connectivity index (χ2v) is 9.12. The Balaban J connectivity index is 1.90. The molecule has 0 saturated heterocycles. The van der Waals surface area contributed by atoms with Crippen LogP contribution in [0.1, 0.15) is 67.6 Å². The van der Waals surface area contributed by atoms with Gasteiger partial charge in [0.1, 0.15) is 0 Å². The second-order valence-electron chi connectivity index (χ2n) is 9.12. The van der Waals surface area contributed by atoms with Crippen LogP contribution in [0.25, 0.3) is 10.9 Å². The number of hydrogen-bond acceptors (Lipinski definition) is 2. The molecule has 0 bridgehead atoms. The summed E-state index contributed by atoms with van der Waals surface area (Å²) < 4.78 is 0. The van der Waals surface area contributed by atoms with Crippen molar-refractivity contribution in [1.82, 2.24) is 9.88 Å². The first-order valence-corrected chi connectivity index (χ1v) is 10.7. The van der Waals surface area contributed by atoms with Gasteiger partial charge >= 0.3 is 0 Å². The van der Waals surface area contributed by atoms with E-state index in [1.165, 1.54) is 5.56 Å². The van der Waals surface area contributed by atoms with E-state index >= 15 is 0 Å². The van der Waals surface area contributed by atoms with Gasteiger partial charge in [-0.2, -0.15) is 0 Å². The molecule has 2 aromatic carbocycles. The van der Waals surface area contributed by atoms with Gasteiger partial charge in [0.25, 0.3) is 11.5 Å². The van der Waals surface area contributed by atoms with Gasteiger partial charge in [0.05, 0.1) is 6.54 Å². The second kappa shape index (κ2) is 8.86. The first-order valence-electron chi connectivity index (χ1n) is 10.7. The summed E-state index contributed by atoms with van der Waals surface area (Å²) in [6.45, 7) is 11.5. The minimum absolute atomic E-state index is 0.0349. The Kier molecular flexibility index (Phi) is 6.45. The van der Waals surface area contributed by atoms with Gasteiger partial charge in [0, 0.05) is 23.2 Å². The Hall–Kier alpha value is -2.88. The van der Waals surface area contributed by atoms with E-state index in [0.29, 0.717) is 24.2 Å². The van der Waals surface area contributed by atoms with Crippen molar-refractivity contribution >= 4 is 16.8 Å². The molecule has 0 aliphatic heterocycles. The highest BCUT2D eigenvalue weighted by atomic mass is 16.2. The number of pyridine rings is 1. The molecular weight excluding hydrogens is 372 g/mol. The zero-order valence-electron chi connectivity index (χ0n) is 18.7. The van der Waals surface area contributed by atoms with Gasteiger partial charge in [-0.1, -0.05) is 58.4 Å². The number of carbonyl (C=O) groups excluding carboxylic acids is 1. The third kappa shape index (κ3) is 4.99. The predicted octanol–water partition coefficient (Wildman–Crippen LogP) is 5.58. The van der Waals surface area contributed by atoms with Crippen LogP contribution < -0.4 is 5.56 Å². The minimum Gasteiger partial charge on any atom is -0.334 e. The number of nitrogens with zero attached hydrogens (tertiary/aromatic N) is 1. The third-order valence-corrected chi connectivity index (χ3v) is 5.51. The van der Waals surface area contributed by atoms with Crippen LogP contribution in [0.15, 0.2) is 53.3 Å². The molecule has 0 aliphatic carbocycles. The normalized spacial score (nSPS) is 11.6. The molecule has 3 aromatic rings. The van der Waals surface area contributed by atoms with Crippen LogP contribution in [0.3, 0.4) is 0 Å². The number of H-pyrrole nitrogens is 1. The topological polar surface area (TPSA) is 53.2 Å². The maximum Gasteiger partial charge on any atom is 0.254 e. The van der Waals surface area contributed by atoms with Gasteiger partial charge in [-0.05, 0) is 59.5 Å². The highest BCUT2D eigenvalue weighted by Gasteiger charge is 2.19. The van der Waals surface area contributed by atoms with Gasteiger partial charge in [-0.3, -0.25) is 9.59 Å². The number of aryl methyl sites for hydroxylation is 1. The SMILES string of the molecule is CCCCN(Cc1cc2ccc(C)cc2[nH]c1=O)C(=O)c1ccc(C(C)(C)C)cc1. The fourth-order valence-corrected chi connectivity index (χ4v) is 3.58. The largest absolute Gasteiger partial charge is 0.334 e. The van der Waals surface area contributed by atoms with Crippen LogP contribution in [0.2, 0.25) is 0 Å². The van der Waals surface area contributed by atoms with Crippen molar-refractivity contribution in [3.63, 3.8) is 0 Å². The van der Waals surface area contributed by atoms with Crippen LogP contribution in [-0.4, -0.2) is 22.3 Å². The lowest BCUT2D eigenvalue weighted by atomic mass is 9.86. The Morgan fingerprint density at radius 2 is 1.73 bits per heavy atom. The van der Waals surface area contributed by atoms with E-state index in [0.717, 1.165) is 29.3 Å².